The number of carbonyl (C=O) groups is 1. The number of benzene rings is 1. The van der Waals surface area contributed by atoms with Crippen molar-refractivity contribution >= 4 is 17.5 Å². The molecule has 3 rings (SSSR count). The van der Waals surface area contributed by atoms with E-state index in [1.165, 1.54) is 31.2 Å². The van der Waals surface area contributed by atoms with Crippen molar-refractivity contribution in [3.63, 3.8) is 0 Å². The molecule has 0 aliphatic heterocycles. The van der Waals surface area contributed by atoms with Crippen molar-refractivity contribution in [1.82, 2.24) is 9.47 Å². The molecular formula is C24H33ClN2O. The van der Waals surface area contributed by atoms with Crippen LogP contribution in [0.15, 0.2) is 42.6 Å². The molecule has 1 aromatic carbocycles. The smallest absolute Gasteiger partial charge is 0.223 e. The van der Waals surface area contributed by atoms with E-state index in [2.05, 4.69) is 49.7 Å². The summed E-state index contributed by atoms with van der Waals surface area (Å²) in [5.74, 6) is 1.02. The van der Waals surface area contributed by atoms with Gasteiger partial charge >= 0.3 is 0 Å². The van der Waals surface area contributed by atoms with Crippen LogP contribution in [0, 0.1) is 5.92 Å². The van der Waals surface area contributed by atoms with E-state index in [4.69, 9.17) is 11.6 Å². The lowest BCUT2D eigenvalue weighted by Gasteiger charge is -2.36. The van der Waals surface area contributed by atoms with Crippen molar-refractivity contribution in [2.24, 2.45) is 5.92 Å². The summed E-state index contributed by atoms with van der Waals surface area (Å²) in [5, 5.41) is 0.754. The SMILES string of the molecule is CC(C)(C)N(Cc1cccn1Cc1cccc(Cl)c1)C(=O)CCC1CCCC1. The fourth-order valence-electron chi connectivity index (χ4n) is 4.20. The van der Waals surface area contributed by atoms with Gasteiger partial charge in [0.25, 0.3) is 0 Å². The van der Waals surface area contributed by atoms with Crippen LogP contribution in [0.4, 0.5) is 0 Å². The Morgan fingerprint density at radius 2 is 1.93 bits per heavy atom. The zero-order valence-corrected chi connectivity index (χ0v) is 18.2. The Balaban J connectivity index is 1.69. The quantitative estimate of drug-likeness (QED) is 0.536. The second kappa shape index (κ2) is 9.17. The monoisotopic (exact) mass is 400 g/mol. The molecule has 1 saturated carbocycles. The molecule has 1 amide bonds. The van der Waals surface area contributed by atoms with Crippen molar-refractivity contribution in [2.45, 2.75) is 77.9 Å². The van der Waals surface area contributed by atoms with Gasteiger partial charge in [-0.2, -0.15) is 0 Å². The van der Waals surface area contributed by atoms with E-state index in [-0.39, 0.29) is 11.4 Å². The molecule has 1 aromatic heterocycles. The van der Waals surface area contributed by atoms with Crippen molar-refractivity contribution in [1.29, 1.82) is 0 Å². The average molecular weight is 401 g/mol. The number of nitrogens with zero attached hydrogens (tertiary/aromatic N) is 2. The second-order valence-electron chi connectivity index (χ2n) is 9.10. The van der Waals surface area contributed by atoms with Gasteiger partial charge in [-0.3, -0.25) is 4.79 Å². The number of halogens is 1. The Morgan fingerprint density at radius 1 is 1.18 bits per heavy atom. The summed E-state index contributed by atoms with van der Waals surface area (Å²) >= 11 is 6.14. The Morgan fingerprint density at radius 3 is 2.61 bits per heavy atom. The van der Waals surface area contributed by atoms with Crippen LogP contribution in [0.25, 0.3) is 0 Å². The summed E-state index contributed by atoms with van der Waals surface area (Å²) < 4.78 is 2.22. The number of hydrogen-bond acceptors (Lipinski definition) is 1. The summed E-state index contributed by atoms with van der Waals surface area (Å²) in [6.07, 6.45) is 9.04. The fourth-order valence-corrected chi connectivity index (χ4v) is 4.42. The molecule has 1 aliphatic carbocycles. The van der Waals surface area contributed by atoms with Gasteiger partial charge < -0.3 is 9.47 Å². The van der Waals surface area contributed by atoms with Gasteiger partial charge in [0, 0.05) is 35.4 Å². The van der Waals surface area contributed by atoms with Gasteiger partial charge in [0.15, 0.2) is 0 Å². The van der Waals surface area contributed by atoms with E-state index in [1.807, 2.05) is 23.1 Å². The highest BCUT2D eigenvalue weighted by Crippen LogP contribution is 2.29. The van der Waals surface area contributed by atoms with Crippen LogP contribution >= 0.6 is 11.6 Å². The van der Waals surface area contributed by atoms with Gasteiger partial charge in [0.05, 0.1) is 6.54 Å². The molecule has 1 aliphatic rings. The molecule has 152 valence electrons. The van der Waals surface area contributed by atoms with Crippen LogP contribution in [0.3, 0.4) is 0 Å². The van der Waals surface area contributed by atoms with Crippen LogP contribution in [0.1, 0.15) is 70.6 Å². The van der Waals surface area contributed by atoms with E-state index in [9.17, 15) is 4.79 Å². The Kier molecular flexibility index (Phi) is 6.87. The predicted molar refractivity (Wildman–Crippen MR) is 116 cm³/mol. The number of aromatic nitrogens is 1. The molecule has 0 bridgehead atoms. The largest absolute Gasteiger partial charge is 0.345 e. The number of hydrogen-bond donors (Lipinski definition) is 0. The first kappa shape index (κ1) is 21.0. The third-order valence-electron chi connectivity index (χ3n) is 5.84. The summed E-state index contributed by atoms with van der Waals surface area (Å²) in [4.78, 5) is 15.1. The zero-order valence-electron chi connectivity index (χ0n) is 17.5. The van der Waals surface area contributed by atoms with Gasteiger partial charge in [-0.1, -0.05) is 49.4 Å². The lowest BCUT2D eigenvalue weighted by atomic mass is 9.99. The standard InChI is InChI=1S/C24H33ClN2O/c1-24(2,3)27(23(28)14-13-19-8-4-5-9-19)18-22-12-7-15-26(22)17-20-10-6-11-21(25)16-20/h6-7,10-12,15-16,19H,4-5,8-9,13-14,17-18H2,1-3H3. The summed E-state index contributed by atoms with van der Waals surface area (Å²) in [7, 11) is 0. The van der Waals surface area contributed by atoms with Crippen LogP contribution < -0.4 is 0 Å². The van der Waals surface area contributed by atoms with Crippen molar-refractivity contribution in [3.8, 4) is 0 Å². The zero-order chi connectivity index (χ0) is 20.1. The molecule has 0 unspecified atom stereocenters. The Labute approximate surface area is 174 Å². The highest BCUT2D eigenvalue weighted by atomic mass is 35.5. The molecule has 0 N–H and O–H groups in total. The average Bonchev–Trinajstić information content (AvgIpc) is 3.28. The third-order valence-corrected chi connectivity index (χ3v) is 6.07. The molecule has 28 heavy (non-hydrogen) atoms. The first-order valence-corrected chi connectivity index (χ1v) is 10.9. The molecule has 0 saturated heterocycles. The lowest BCUT2D eigenvalue weighted by Crippen LogP contribution is -2.45. The highest BCUT2D eigenvalue weighted by molar-refractivity contribution is 6.30. The van der Waals surface area contributed by atoms with Crippen LogP contribution in [0.2, 0.25) is 5.02 Å². The van der Waals surface area contributed by atoms with Crippen molar-refractivity contribution in [2.75, 3.05) is 0 Å². The summed E-state index contributed by atoms with van der Waals surface area (Å²) in [6.45, 7) is 7.79. The maximum absolute atomic E-state index is 13.1. The maximum Gasteiger partial charge on any atom is 0.223 e. The van der Waals surface area contributed by atoms with Crippen LogP contribution in [-0.2, 0) is 17.9 Å². The van der Waals surface area contributed by atoms with Crippen molar-refractivity contribution in [3.05, 3.63) is 58.9 Å². The van der Waals surface area contributed by atoms with E-state index < -0.39 is 0 Å². The molecule has 1 heterocycles. The molecule has 0 radical (unpaired) electrons. The van der Waals surface area contributed by atoms with Gasteiger partial charge in [-0.25, -0.2) is 0 Å². The third kappa shape index (κ3) is 5.64. The van der Waals surface area contributed by atoms with Gasteiger partial charge in [0.2, 0.25) is 5.91 Å². The van der Waals surface area contributed by atoms with E-state index in [1.54, 1.807) is 0 Å². The molecule has 0 atom stereocenters. The van der Waals surface area contributed by atoms with Gasteiger partial charge in [-0.15, -0.1) is 0 Å². The molecule has 0 spiro atoms. The highest BCUT2D eigenvalue weighted by Gasteiger charge is 2.28. The van der Waals surface area contributed by atoms with Gasteiger partial charge in [0.1, 0.15) is 0 Å². The minimum absolute atomic E-state index is 0.197. The molecular weight excluding hydrogens is 368 g/mol. The number of rotatable bonds is 7. The predicted octanol–water partition coefficient (Wildman–Crippen LogP) is 6.29. The van der Waals surface area contributed by atoms with E-state index in [0.717, 1.165) is 29.6 Å². The summed E-state index contributed by atoms with van der Waals surface area (Å²) in [6, 6.07) is 12.1. The van der Waals surface area contributed by atoms with Gasteiger partial charge in [-0.05, 0) is 62.9 Å². The molecule has 4 heteroatoms. The number of carbonyl (C=O) groups excluding carboxylic acids is 1. The molecule has 2 aromatic rings. The Hall–Kier alpha value is -1.74. The number of amides is 1. The normalized spacial score (nSPS) is 15.1. The van der Waals surface area contributed by atoms with Crippen molar-refractivity contribution < 1.29 is 4.79 Å². The molecule has 1 fully saturated rings. The molecule has 3 nitrogen and oxygen atoms in total. The van der Waals surface area contributed by atoms with Crippen LogP contribution in [-0.4, -0.2) is 20.9 Å². The maximum atomic E-state index is 13.1. The van der Waals surface area contributed by atoms with E-state index >= 15 is 0 Å². The Bertz CT molecular complexity index is 784. The minimum atomic E-state index is -0.197. The second-order valence-corrected chi connectivity index (χ2v) is 9.53. The first-order valence-electron chi connectivity index (χ1n) is 10.5. The van der Waals surface area contributed by atoms with E-state index in [0.29, 0.717) is 13.0 Å². The first-order chi connectivity index (χ1) is 13.3. The fraction of sp³-hybridized carbons (Fsp3) is 0.542. The summed E-state index contributed by atoms with van der Waals surface area (Å²) in [5.41, 5.74) is 2.13. The minimum Gasteiger partial charge on any atom is -0.345 e. The lowest BCUT2D eigenvalue weighted by molar-refractivity contribution is -0.137. The van der Waals surface area contributed by atoms with Crippen LogP contribution in [0.5, 0.6) is 0 Å². The topological polar surface area (TPSA) is 25.2 Å².